The molecule has 2 N–H and O–H groups in total. The predicted octanol–water partition coefficient (Wildman–Crippen LogP) is 2.23. The van der Waals surface area contributed by atoms with Gasteiger partial charge in [-0.25, -0.2) is 0 Å². The van der Waals surface area contributed by atoms with Crippen molar-refractivity contribution in [2.24, 2.45) is 0 Å². The van der Waals surface area contributed by atoms with Gasteiger partial charge in [0, 0.05) is 17.6 Å². The van der Waals surface area contributed by atoms with E-state index in [0.29, 0.717) is 0 Å². The largest absolute Gasteiger partial charge is 0.358 e. The van der Waals surface area contributed by atoms with Gasteiger partial charge < -0.3 is 5.32 Å². The molecule has 1 rings (SSSR count). The summed E-state index contributed by atoms with van der Waals surface area (Å²) in [7, 11) is 1.64. The van der Waals surface area contributed by atoms with Crippen LogP contribution in [0.2, 0.25) is 0 Å². The van der Waals surface area contributed by atoms with Crippen molar-refractivity contribution in [1.29, 1.82) is 0 Å². The molecule has 0 saturated heterocycles. The zero-order valence-corrected chi connectivity index (χ0v) is 11.3. The minimum atomic E-state index is -0.202. The first-order valence-electron chi connectivity index (χ1n) is 5.28. The second kappa shape index (κ2) is 6.01. The Morgan fingerprint density at radius 3 is 2.50 bits per heavy atom. The summed E-state index contributed by atoms with van der Waals surface area (Å²) in [5, 5.41) is 5.87. The molecule has 1 aromatic carbocycles. The Morgan fingerprint density at radius 2 is 1.94 bits per heavy atom. The van der Waals surface area contributed by atoms with E-state index >= 15 is 0 Å². The molecule has 0 heterocycles. The highest BCUT2D eigenvalue weighted by molar-refractivity contribution is 9.10. The molecule has 3 nitrogen and oxygen atoms in total. The molecule has 0 radical (unpaired) electrons. The van der Waals surface area contributed by atoms with E-state index in [1.807, 2.05) is 38.1 Å². The Bertz CT molecular complexity index is 368. The minimum absolute atomic E-state index is 0.00102. The predicted molar refractivity (Wildman–Crippen MR) is 69.2 cm³/mol. The molecule has 1 amide bonds. The number of hydrogen-bond acceptors (Lipinski definition) is 2. The first-order chi connectivity index (χ1) is 7.56. The van der Waals surface area contributed by atoms with Crippen molar-refractivity contribution < 1.29 is 4.79 Å². The molecule has 16 heavy (non-hydrogen) atoms. The van der Waals surface area contributed by atoms with Crippen molar-refractivity contribution in [2.75, 3.05) is 7.05 Å². The summed E-state index contributed by atoms with van der Waals surface area (Å²) in [5.41, 5.74) is 1.15. The molecule has 0 fully saturated rings. The standard InChI is InChI=1S/C12H17BrN2O/c1-8(15-9(2)12(16)14-3)10-6-4-5-7-11(10)13/h4-9,15H,1-3H3,(H,14,16)/t8?,9-/m1/s1. The van der Waals surface area contributed by atoms with Gasteiger partial charge in [0.15, 0.2) is 0 Å². The van der Waals surface area contributed by atoms with Crippen LogP contribution < -0.4 is 10.6 Å². The summed E-state index contributed by atoms with van der Waals surface area (Å²) in [5.74, 6) is -0.00102. The highest BCUT2D eigenvalue weighted by atomic mass is 79.9. The molecule has 0 saturated carbocycles. The Kier molecular flexibility index (Phi) is 4.96. The topological polar surface area (TPSA) is 41.1 Å². The van der Waals surface area contributed by atoms with Crippen molar-refractivity contribution in [2.45, 2.75) is 25.9 Å². The van der Waals surface area contributed by atoms with Gasteiger partial charge in [-0.2, -0.15) is 0 Å². The van der Waals surface area contributed by atoms with E-state index in [4.69, 9.17) is 0 Å². The average Bonchev–Trinajstić information content (AvgIpc) is 2.28. The Balaban J connectivity index is 2.69. The average molecular weight is 285 g/mol. The fourth-order valence-corrected chi connectivity index (χ4v) is 2.21. The highest BCUT2D eigenvalue weighted by Crippen LogP contribution is 2.22. The van der Waals surface area contributed by atoms with Crippen LogP contribution in [0.3, 0.4) is 0 Å². The lowest BCUT2D eigenvalue weighted by Crippen LogP contribution is -2.41. The van der Waals surface area contributed by atoms with Crippen molar-refractivity contribution >= 4 is 21.8 Å². The third-order valence-electron chi connectivity index (χ3n) is 2.51. The van der Waals surface area contributed by atoms with Crippen LogP contribution in [0.25, 0.3) is 0 Å². The van der Waals surface area contributed by atoms with E-state index in [1.165, 1.54) is 0 Å². The van der Waals surface area contributed by atoms with Gasteiger partial charge in [-0.05, 0) is 25.5 Å². The lowest BCUT2D eigenvalue weighted by Gasteiger charge is -2.20. The van der Waals surface area contributed by atoms with Crippen LogP contribution in [0, 0.1) is 0 Å². The third-order valence-corrected chi connectivity index (χ3v) is 3.23. The maximum Gasteiger partial charge on any atom is 0.236 e. The van der Waals surface area contributed by atoms with Gasteiger partial charge in [-0.15, -0.1) is 0 Å². The Hall–Kier alpha value is -0.870. The quantitative estimate of drug-likeness (QED) is 0.890. The zero-order chi connectivity index (χ0) is 12.1. The van der Waals surface area contributed by atoms with Crippen molar-refractivity contribution in [3.05, 3.63) is 34.3 Å². The molecule has 1 unspecified atom stereocenters. The normalized spacial score (nSPS) is 14.2. The number of nitrogens with one attached hydrogen (secondary N) is 2. The number of carbonyl (C=O) groups is 1. The minimum Gasteiger partial charge on any atom is -0.358 e. The van der Waals surface area contributed by atoms with Crippen LogP contribution in [-0.2, 0) is 4.79 Å². The second-order valence-electron chi connectivity index (χ2n) is 3.75. The number of likely N-dealkylation sites (N-methyl/N-ethyl adjacent to an activating group) is 1. The number of benzene rings is 1. The first kappa shape index (κ1) is 13.2. The van der Waals surface area contributed by atoms with Gasteiger partial charge in [-0.3, -0.25) is 10.1 Å². The van der Waals surface area contributed by atoms with Crippen LogP contribution in [0.5, 0.6) is 0 Å². The molecule has 0 aliphatic heterocycles. The van der Waals surface area contributed by atoms with Crippen LogP contribution >= 0.6 is 15.9 Å². The van der Waals surface area contributed by atoms with Crippen molar-refractivity contribution in [1.82, 2.24) is 10.6 Å². The monoisotopic (exact) mass is 284 g/mol. The van der Waals surface area contributed by atoms with Gasteiger partial charge in [0.05, 0.1) is 6.04 Å². The fraction of sp³-hybridized carbons (Fsp3) is 0.417. The summed E-state index contributed by atoms with van der Waals surface area (Å²) in [4.78, 5) is 11.4. The lowest BCUT2D eigenvalue weighted by atomic mass is 10.1. The van der Waals surface area contributed by atoms with E-state index in [0.717, 1.165) is 10.0 Å². The van der Waals surface area contributed by atoms with Crippen LogP contribution in [-0.4, -0.2) is 19.0 Å². The van der Waals surface area contributed by atoms with Crippen LogP contribution in [0.1, 0.15) is 25.5 Å². The zero-order valence-electron chi connectivity index (χ0n) is 9.75. The smallest absolute Gasteiger partial charge is 0.236 e. The molecular weight excluding hydrogens is 268 g/mol. The van der Waals surface area contributed by atoms with Gasteiger partial charge in [-0.1, -0.05) is 34.1 Å². The molecule has 0 aliphatic rings. The highest BCUT2D eigenvalue weighted by Gasteiger charge is 2.15. The number of carbonyl (C=O) groups excluding carboxylic acids is 1. The molecule has 1 aromatic rings. The number of amides is 1. The molecule has 88 valence electrons. The molecule has 0 spiro atoms. The van der Waals surface area contributed by atoms with Gasteiger partial charge in [0.2, 0.25) is 5.91 Å². The SMILES string of the molecule is CNC(=O)[C@@H](C)NC(C)c1ccccc1Br. The lowest BCUT2D eigenvalue weighted by molar-refractivity contribution is -0.122. The first-order valence-corrected chi connectivity index (χ1v) is 6.07. The van der Waals surface area contributed by atoms with E-state index in [-0.39, 0.29) is 18.0 Å². The maximum atomic E-state index is 11.4. The Labute approximate surface area is 105 Å². The third kappa shape index (κ3) is 3.32. The summed E-state index contributed by atoms with van der Waals surface area (Å²) in [6.45, 7) is 3.89. The molecule has 0 aliphatic carbocycles. The number of halogens is 1. The van der Waals surface area contributed by atoms with Gasteiger partial charge in [0.1, 0.15) is 0 Å². The van der Waals surface area contributed by atoms with E-state index in [1.54, 1.807) is 7.05 Å². The molecular formula is C12H17BrN2O. The molecule has 4 heteroatoms. The summed E-state index contributed by atoms with van der Waals surface area (Å²) in [6.07, 6.45) is 0. The van der Waals surface area contributed by atoms with Gasteiger partial charge >= 0.3 is 0 Å². The summed E-state index contributed by atoms with van der Waals surface area (Å²) < 4.78 is 1.05. The van der Waals surface area contributed by atoms with E-state index in [2.05, 4.69) is 26.6 Å². The fourth-order valence-electron chi connectivity index (χ4n) is 1.58. The van der Waals surface area contributed by atoms with Crippen LogP contribution in [0.15, 0.2) is 28.7 Å². The maximum absolute atomic E-state index is 11.4. The van der Waals surface area contributed by atoms with Crippen molar-refractivity contribution in [3.63, 3.8) is 0 Å². The molecule has 0 aromatic heterocycles. The van der Waals surface area contributed by atoms with Crippen LogP contribution in [0.4, 0.5) is 0 Å². The number of rotatable bonds is 4. The Morgan fingerprint density at radius 1 is 1.31 bits per heavy atom. The van der Waals surface area contributed by atoms with Gasteiger partial charge in [0.25, 0.3) is 0 Å². The second-order valence-corrected chi connectivity index (χ2v) is 4.60. The summed E-state index contributed by atoms with van der Waals surface area (Å²) in [6, 6.07) is 7.93. The number of hydrogen-bond donors (Lipinski definition) is 2. The summed E-state index contributed by atoms with van der Waals surface area (Å²) >= 11 is 3.50. The molecule has 2 atom stereocenters. The van der Waals surface area contributed by atoms with E-state index < -0.39 is 0 Å². The van der Waals surface area contributed by atoms with Crippen molar-refractivity contribution in [3.8, 4) is 0 Å². The van der Waals surface area contributed by atoms with E-state index in [9.17, 15) is 4.79 Å². The molecule has 0 bridgehead atoms.